The Morgan fingerprint density at radius 2 is 1.62 bits per heavy atom. The van der Waals surface area contributed by atoms with E-state index in [4.69, 9.17) is 9.97 Å². The summed E-state index contributed by atoms with van der Waals surface area (Å²) in [5, 5.41) is 7.76. The summed E-state index contributed by atoms with van der Waals surface area (Å²) in [6, 6.07) is 12.7. The molecule has 0 amide bonds. The standard InChI is InChI=1S/C29H32N8/c1-3-12-36(13-4-1)19-20-16-21(18-30-17-20)22-10-11-24-27(31-22)28(35-34-24)29-32-23-8-7-9-25(26(23)33-29)37-14-5-2-6-15-37/h7-11,16-18H,1-6,12-15,19H2,(H,32,33)(H,34,35). The van der Waals surface area contributed by atoms with Crippen molar-refractivity contribution >= 4 is 27.8 Å². The second kappa shape index (κ2) is 9.59. The van der Waals surface area contributed by atoms with Crippen LogP contribution in [0.15, 0.2) is 48.8 Å². The first-order chi connectivity index (χ1) is 18.3. The fourth-order valence-electron chi connectivity index (χ4n) is 5.83. The van der Waals surface area contributed by atoms with Crippen LogP contribution in [0.2, 0.25) is 0 Å². The number of nitrogens with one attached hydrogen (secondary N) is 2. The number of para-hydroxylation sites is 1. The van der Waals surface area contributed by atoms with Crippen LogP contribution in [0.25, 0.3) is 44.8 Å². The lowest BCUT2D eigenvalue weighted by atomic mass is 10.1. The zero-order valence-electron chi connectivity index (χ0n) is 21.1. The van der Waals surface area contributed by atoms with Crippen LogP contribution in [0.5, 0.6) is 0 Å². The molecule has 8 nitrogen and oxygen atoms in total. The molecular formula is C29H32N8. The van der Waals surface area contributed by atoms with E-state index < -0.39 is 0 Å². The molecule has 2 aliphatic rings. The molecule has 4 aromatic heterocycles. The number of H-pyrrole nitrogens is 2. The normalized spacial score (nSPS) is 17.1. The summed E-state index contributed by atoms with van der Waals surface area (Å²) in [6.45, 7) is 5.46. The SMILES string of the molecule is c1cc(N2CCCCC2)c2nc(-c3n[nH]c4ccc(-c5cncc(CN6CCCCC6)c5)nc34)[nH]c2c1. The summed E-state index contributed by atoms with van der Waals surface area (Å²) >= 11 is 0. The minimum Gasteiger partial charge on any atom is -0.370 e. The molecule has 0 bridgehead atoms. The maximum Gasteiger partial charge on any atom is 0.161 e. The van der Waals surface area contributed by atoms with Gasteiger partial charge in [0.1, 0.15) is 11.0 Å². The summed E-state index contributed by atoms with van der Waals surface area (Å²) in [5.41, 5.74) is 8.84. The lowest BCUT2D eigenvalue weighted by Crippen LogP contribution is -2.29. The number of nitrogens with zero attached hydrogens (tertiary/aromatic N) is 6. The number of likely N-dealkylation sites (tertiary alicyclic amines) is 1. The van der Waals surface area contributed by atoms with Gasteiger partial charge in [-0.2, -0.15) is 5.10 Å². The zero-order valence-corrected chi connectivity index (χ0v) is 21.1. The number of hydrogen-bond acceptors (Lipinski definition) is 6. The van der Waals surface area contributed by atoms with Crippen molar-refractivity contribution in [3.8, 4) is 22.8 Å². The quantitative estimate of drug-likeness (QED) is 0.335. The molecule has 0 saturated carbocycles. The number of pyridine rings is 2. The Morgan fingerprint density at radius 1 is 0.784 bits per heavy atom. The molecule has 0 aliphatic carbocycles. The molecule has 0 radical (unpaired) electrons. The highest BCUT2D eigenvalue weighted by molar-refractivity contribution is 5.95. The van der Waals surface area contributed by atoms with Crippen molar-refractivity contribution in [1.82, 2.24) is 35.0 Å². The van der Waals surface area contributed by atoms with Gasteiger partial charge in [-0.1, -0.05) is 12.5 Å². The highest BCUT2D eigenvalue weighted by atomic mass is 15.2. The average molecular weight is 493 g/mol. The number of imidazole rings is 1. The lowest BCUT2D eigenvalue weighted by Gasteiger charge is -2.28. The van der Waals surface area contributed by atoms with Gasteiger partial charge in [0.05, 0.1) is 22.4 Å². The first-order valence-electron chi connectivity index (χ1n) is 13.6. The predicted molar refractivity (Wildman–Crippen MR) is 147 cm³/mol. The van der Waals surface area contributed by atoms with E-state index in [9.17, 15) is 0 Å². The first-order valence-corrected chi connectivity index (χ1v) is 13.6. The highest BCUT2D eigenvalue weighted by Crippen LogP contribution is 2.32. The van der Waals surface area contributed by atoms with E-state index in [0.717, 1.165) is 64.5 Å². The lowest BCUT2D eigenvalue weighted by molar-refractivity contribution is 0.220. The van der Waals surface area contributed by atoms with Gasteiger partial charge in [-0.05, 0) is 81.1 Å². The Labute approximate surface area is 216 Å². The van der Waals surface area contributed by atoms with Gasteiger partial charge in [0.25, 0.3) is 0 Å². The molecule has 188 valence electrons. The highest BCUT2D eigenvalue weighted by Gasteiger charge is 2.19. The Hall–Kier alpha value is -3.78. The molecule has 37 heavy (non-hydrogen) atoms. The molecule has 0 spiro atoms. The topological polar surface area (TPSA) is 89.6 Å². The van der Waals surface area contributed by atoms with E-state index in [2.05, 4.69) is 54.2 Å². The van der Waals surface area contributed by atoms with Gasteiger partial charge >= 0.3 is 0 Å². The minimum absolute atomic E-state index is 0.743. The molecule has 8 heteroatoms. The van der Waals surface area contributed by atoms with Gasteiger partial charge in [0.15, 0.2) is 11.5 Å². The van der Waals surface area contributed by atoms with E-state index >= 15 is 0 Å². The third-order valence-electron chi connectivity index (χ3n) is 7.77. The molecule has 5 aromatic rings. The van der Waals surface area contributed by atoms with E-state index in [1.807, 2.05) is 24.5 Å². The Balaban J connectivity index is 1.23. The third-order valence-corrected chi connectivity index (χ3v) is 7.77. The zero-order chi connectivity index (χ0) is 24.6. The van der Waals surface area contributed by atoms with Gasteiger partial charge in [0.2, 0.25) is 0 Å². The van der Waals surface area contributed by atoms with E-state index in [1.54, 1.807) is 0 Å². The number of aromatic nitrogens is 6. The van der Waals surface area contributed by atoms with Crippen LogP contribution in [-0.4, -0.2) is 61.2 Å². The van der Waals surface area contributed by atoms with Crippen LogP contribution in [0.3, 0.4) is 0 Å². The summed E-state index contributed by atoms with van der Waals surface area (Å²) in [6.07, 6.45) is 11.6. The summed E-state index contributed by atoms with van der Waals surface area (Å²) in [5.74, 6) is 0.743. The number of hydrogen-bond donors (Lipinski definition) is 2. The number of rotatable bonds is 5. The maximum atomic E-state index is 5.03. The minimum atomic E-state index is 0.743. The van der Waals surface area contributed by atoms with Crippen LogP contribution in [-0.2, 0) is 6.54 Å². The average Bonchev–Trinajstić information content (AvgIpc) is 3.58. The number of piperidine rings is 2. The molecule has 7 rings (SSSR count). The second-order valence-electron chi connectivity index (χ2n) is 10.4. The number of fused-ring (bicyclic) bond motifs is 2. The van der Waals surface area contributed by atoms with Crippen molar-refractivity contribution in [2.45, 2.75) is 45.1 Å². The van der Waals surface area contributed by atoms with Crippen LogP contribution in [0.4, 0.5) is 5.69 Å². The fourth-order valence-corrected chi connectivity index (χ4v) is 5.83. The van der Waals surface area contributed by atoms with Gasteiger partial charge in [-0.25, -0.2) is 9.97 Å². The summed E-state index contributed by atoms with van der Waals surface area (Å²) in [7, 11) is 0. The van der Waals surface area contributed by atoms with Crippen LogP contribution < -0.4 is 4.90 Å². The summed E-state index contributed by atoms with van der Waals surface area (Å²) < 4.78 is 0. The van der Waals surface area contributed by atoms with Gasteiger partial charge < -0.3 is 9.88 Å². The van der Waals surface area contributed by atoms with Crippen molar-refractivity contribution in [3.05, 3.63) is 54.4 Å². The molecule has 6 heterocycles. The van der Waals surface area contributed by atoms with E-state index in [0.29, 0.717) is 0 Å². The molecule has 0 atom stereocenters. The summed E-state index contributed by atoms with van der Waals surface area (Å²) in [4.78, 5) is 23.1. The van der Waals surface area contributed by atoms with Crippen molar-refractivity contribution in [2.75, 3.05) is 31.1 Å². The second-order valence-corrected chi connectivity index (χ2v) is 10.4. The monoisotopic (exact) mass is 492 g/mol. The largest absolute Gasteiger partial charge is 0.370 e. The fraction of sp³-hybridized carbons (Fsp3) is 0.379. The first kappa shape index (κ1) is 22.4. The molecule has 2 fully saturated rings. The number of aromatic amines is 2. The van der Waals surface area contributed by atoms with E-state index in [-0.39, 0.29) is 0 Å². The van der Waals surface area contributed by atoms with E-state index in [1.165, 1.54) is 62.9 Å². The molecule has 2 N–H and O–H groups in total. The van der Waals surface area contributed by atoms with Crippen molar-refractivity contribution < 1.29 is 0 Å². The van der Waals surface area contributed by atoms with Crippen LogP contribution in [0.1, 0.15) is 44.1 Å². The molecule has 0 unspecified atom stereocenters. The van der Waals surface area contributed by atoms with Crippen molar-refractivity contribution in [3.63, 3.8) is 0 Å². The van der Waals surface area contributed by atoms with Gasteiger partial charge in [0, 0.05) is 37.6 Å². The maximum absolute atomic E-state index is 5.03. The Bertz CT molecular complexity index is 1540. The predicted octanol–water partition coefficient (Wildman–Crippen LogP) is 5.54. The number of anilines is 1. The molecule has 2 aliphatic heterocycles. The number of benzene rings is 1. The molecule has 2 saturated heterocycles. The van der Waals surface area contributed by atoms with Crippen molar-refractivity contribution in [2.24, 2.45) is 0 Å². The van der Waals surface area contributed by atoms with Crippen molar-refractivity contribution in [1.29, 1.82) is 0 Å². The Morgan fingerprint density at radius 3 is 2.49 bits per heavy atom. The van der Waals surface area contributed by atoms with Gasteiger partial charge in [-0.15, -0.1) is 0 Å². The van der Waals surface area contributed by atoms with Crippen LogP contribution in [0, 0.1) is 0 Å². The molecule has 1 aromatic carbocycles. The smallest absolute Gasteiger partial charge is 0.161 e. The molecular weight excluding hydrogens is 460 g/mol. The Kier molecular flexibility index (Phi) is 5.81. The third kappa shape index (κ3) is 4.35. The van der Waals surface area contributed by atoms with Crippen LogP contribution >= 0.6 is 0 Å². The van der Waals surface area contributed by atoms with Gasteiger partial charge in [-0.3, -0.25) is 15.0 Å².